The number of aliphatic hydroxyl groups is 2. The number of benzene rings is 3. The maximum atomic E-state index is 14.4. The Morgan fingerprint density at radius 3 is 2.19 bits per heavy atom. The topological polar surface area (TPSA) is 311 Å². The van der Waals surface area contributed by atoms with Crippen LogP contribution in [0.5, 0.6) is 0 Å². The molecule has 0 saturated carbocycles. The minimum Gasteiger partial charge on any atom is -0.457 e. The Bertz CT molecular complexity index is 3360. The average molecular weight is 1400 g/mol. The molecule has 0 spiro atoms. The molecule has 5 aliphatic rings. The Hall–Kier alpha value is -7.40. The molecule has 4 bridgehead atoms. The van der Waals surface area contributed by atoms with Crippen LogP contribution in [0.3, 0.4) is 0 Å². The smallest absolute Gasteiger partial charge is 0.409 e. The summed E-state index contributed by atoms with van der Waals surface area (Å²) < 4.78 is 46.2. The number of halogens is 1. The van der Waals surface area contributed by atoms with Crippen molar-refractivity contribution in [1.82, 2.24) is 25.9 Å². The fourth-order valence-corrected chi connectivity index (χ4v) is 12.3. The lowest BCUT2D eigenvalue weighted by Gasteiger charge is -2.42. The molecule has 99 heavy (non-hydrogen) atoms. The second kappa shape index (κ2) is 36.8. The van der Waals surface area contributed by atoms with E-state index in [2.05, 4.69) is 54.1 Å². The van der Waals surface area contributed by atoms with Gasteiger partial charge in [0.15, 0.2) is 5.72 Å². The van der Waals surface area contributed by atoms with Crippen LogP contribution in [0.15, 0.2) is 94.8 Å². The number of epoxide rings is 1. The second-order valence-corrected chi connectivity index (χ2v) is 27.9. The molecule has 6 amide bonds. The van der Waals surface area contributed by atoms with E-state index in [0.29, 0.717) is 62.6 Å². The summed E-state index contributed by atoms with van der Waals surface area (Å²) >= 11 is 6.80. The van der Waals surface area contributed by atoms with Crippen LogP contribution in [0.1, 0.15) is 140 Å². The van der Waals surface area contributed by atoms with Crippen LogP contribution in [0.4, 0.5) is 16.2 Å². The van der Waals surface area contributed by atoms with Crippen molar-refractivity contribution in [2.24, 2.45) is 21.7 Å². The van der Waals surface area contributed by atoms with Crippen LogP contribution in [0, 0.1) is 11.3 Å². The second-order valence-electron chi connectivity index (χ2n) is 27.5. The van der Waals surface area contributed by atoms with E-state index < -0.39 is 84.6 Å². The number of hydrogen-bond acceptors (Lipinski definition) is 20. The highest BCUT2D eigenvalue weighted by atomic mass is 35.5. The van der Waals surface area contributed by atoms with Crippen molar-refractivity contribution < 1.29 is 81.7 Å². The zero-order valence-corrected chi connectivity index (χ0v) is 60.1. The quantitative estimate of drug-likeness (QED) is 0.0275. The minimum atomic E-state index is -1.89. The minimum absolute atomic E-state index is 0.0515. The van der Waals surface area contributed by atoms with Crippen LogP contribution in [0.25, 0.3) is 0 Å². The van der Waals surface area contributed by atoms with Crippen molar-refractivity contribution in [3.63, 3.8) is 0 Å². The number of fused-ring (bicyclic) bond motifs is 10. The summed E-state index contributed by atoms with van der Waals surface area (Å²) in [6.07, 6.45) is 0.695. The van der Waals surface area contributed by atoms with Gasteiger partial charge in [0.1, 0.15) is 36.0 Å². The molecule has 27 heteroatoms. The van der Waals surface area contributed by atoms with Gasteiger partial charge in [-0.05, 0) is 73.4 Å². The maximum Gasteiger partial charge on any atom is 0.409 e. The third-order valence-corrected chi connectivity index (χ3v) is 18.3. The number of methoxy groups -OCH3 is 1. The van der Waals surface area contributed by atoms with Crippen molar-refractivity contribution in [3.05, 3.63) is 117 Å². The number of allylic oxidation sites excluding steroid dienone is 3. The molecule has 5 aliphatic heterocycles. The van der Waals surface area contributed by atoms with Crippen molar-refractivity contribution in [2.45, 2.75) is 174 Å². The molecule has 0 aliphatic carbocycles. The summed E-state index contributed by atoms with van der Waals surface area (Å²) in [5, 5.41) is 36.3. The molecular formula is C72H102ClN9O17. The number of rotatable bonds is 27. The summed E-state index contributed by atoms with van der Waals surface area (Å²) in [6.45, 7) is 18.3. The number of esters is 1. The largest absolute Gasteiger partial charge is 0.457 e. The van der Waals surface area contributed by atoms with Crippen molar-refractivity contribution >= 4 is 64.6 Å². The lowest BCUT2D eigenvalue weighted by Crippen LogP contribution is -2.63. The van der Waals surface area contributed by atoms with E-state index in [0.717, 1.165) is 33.5 Å². The van der Waals surface area contributed by atoms with E-state index >= 15 is 0 Å². The van der Waals surface area contributed by atoms with Gasteiger partial charge in [-0.3, -0.25) is 34.7 Å². The first-order valence-corrected chi connectivity index (χ1v) is 34.3. The molecule has 2 fully saturated rings. The van der Waals surface area contributed by atoms with Gasteiger partial charge in [0.25, 0.3) is 0 Å². The van der Waals surface area contributed by atoms with Gasteiger partial charge in [-0.25, -0.2) is 9.59 Å². The molecule has 0 aromatic heterocycles. The van der Waals surface area contributed by atoms with Crippen LogP contribution in [-0.2, 0) is 86.2 Å². The van der Waals surface area contributed by atoms with E-state index in [-0.39, 0.29) is 106 Å². The Balaban J connectivity index is 0.00000266. The number of para-hydroxylation sites is 1. The highest BCUT2D eigenvalue weighted by Gasteiger charge is 2.64. The lowest BCUT2D eigenvalue weighted by atomic mass is 9.83. The first-order valence-electron chi connectivity index (χ1n) is 33.9. The lowest BCUT2D eigenvalue weighted by molar-refractivity contribution is -0.162. The monoisotopic (exact) mass is 1400 g/mol. The first kappa shape index (κ1) is 78.9. The Morgan fingerprint density at radius 2 is 1.52 bits per heavy atom. The third-order valence-electron chi connectivity index (χ3n) is 17.9. The fourth-order valence-electron chi connectivity index (χ4n) is 12.0. The fraction of sp³-hybridized carbons (Fsp3) is 0.597. The number of carbonyl (C=O) groups is 7. The molecule has 3 aromatic carbocycles. The summed E-state index contributed by atoms with van der Waals surface area (Å²) in [6, 6.07) is 17.6. The Morgan fingerprint density at radius 1 is 0.879 bits per heavy atom. The Labute approximate surface area is 586 Å². The SMILES string of the molecule is CC(C)(C)C.CO[C@@H]1/C=C/C=C(/C)Cc2cc(CO)c(Cl)c(c2)N(C)C(=O)C[C@H](OC(=O)[C@H](C)N(C)C(=O)CCCC(=O)N(C)CCOCCOCCOCCOCCC(=O)NCCC(=O)N2Cc3ccccc3C3NN=NC3c3ccccc32)[C@]2(C)O[C@H]2[C@H](C)[C@@H]2C[C@@]1(O)NC(=O)O2. The number of anilines is 2. The van der Waals surface area contributed by atoms with Gasteiger partial charge in [0.05, 0.1) is 95.3 Å². The molecule has 5 heterocycles. The van der Waals surface area contributed by atoms with Gasteiger partial charge < -0.3 is 73.0 Å². The van der Waals surface area contributed by atoms with Crippen molar-refractivity contribution in [1.29, 1.82) is 0 Å². The number of nitrogens with zero attached hydrogens (tertiary/aromatic N) is 6. The number of nitrogens with one attached hydrogen (secondary N) is 3. The van der Waals surface area contributed by atoms with E-state index in [1.54, 1.807) is 50.1 Å². The number of carbonyl (C=O) groups excluding carboxylic acids is 7. The molecule has 5 N–H and O–H groups in total. The molecule has 2 saturated heterocycles. The number of amides is 6. The van der Waals surface area contributed by atoms with E-state index in [9.17, 15) is 43.8 Å². The predicted molar refractivity (Wildman–Crippen MR) is 370 cm³/mol. The molecule has 3 aromatic rings. The van der Waals surface area contributed by atoms with Gasteiger partial charge in [-0.1, -0.05) is 124 Å². The van der Waals surface area contributed by atoms with Gasteiger partial charge in [0, 0.05) is 90.6 Å². The van der Waals surface area contributed by atoms with Crippen LogP contribution in [0.2, 0.25) is 5.02 Å². The molecule has 8 rings (SSSR count). The van der Waals surface area contributed by atoms with Crippen LogP contribution >= 0.6 is 11.6 Å². The summed E-state index contributed by atoms with van der Waals surface area (Å²) in [5.41, 5.74) is 6.46. The van der Waals surface area contributed by atoms with Gasteiger partial charge >= 0.3 is 12.1 Å². The molecule has 0 radical (unpaired) electrons. The highest BCUT2D eigenvalue weighted by Crippen LogP contribution is 2.50. The molecule has 2 unspecified atom stereocenters. The van der Waals surface area contributed by atoms with Crippen molar-refractivity contribution in [2.75, 3.05) is 104 Å². The predicted octanol–water partition coefficient (Wildman–Crippen LogP) is 7.94. The number of ether oxygens (including phenoxy) is 8. The number of hydrogen-bond donors (Lipinski definition) is 5. The standard InChI is InChI=1S/C67H90ClN9O17.C5H12/c1-42-15-13-20-53(87-8)67(86)39-52(92-65(85)70-67)43(2)63-66(4,94-63)54(38-59(83)76(7)51-37-45(35-42)36-47(41-78)60(51)68)93-64(84)44(3)75(6)57(81)22-14-21-56(80)74(5)26-28-89-30-32-91-34-33-90-31-29-88-27-24-55(79)69-25-23-58(82)77-40-46-16-9-10-17-48(46)61-62(72-73-71-61)49-18-11-12-19-50(49)77;1-5(2,3)4/h9-13,15-20,36-37,43-44,52-54,61-63,78,86H,14,21-35,38-41H2,1-8H3,(H,69,79)(H,70,85)(H,71,72);1-4H3/b20-13+,42-15-;/t43-,44+,52+,53-,54+,61?,62?,63+,66+,67+;/m1./s1. The molecule has 26 nitrogen and oxygen atoms in total. The third kappa shape index (κ3) is 22.3. The summed E-state index contributed by atoms with van der Waals surface area (Å²) in [7, 11) is 6.02. The number of likely N-dealkylation sites (N-methyl/N-ethyl adjacent to an activating group) is 2. The van der Waals surface area contributed by atoms with Crippen LogP contribution in [-0.4, -0.2) is 198 Å². The van der Waals surface area contributed by atoms with Crippen LogP contribution < -0.4 is 25.9 Å². The maximum absolute atomic E-state index is 14.4. The zero-order valence-electron chi connectivity index (χ0n) is 59.3. The average Bonchev–Trinajstić information content (AvgIpc) is 1.58. The van der Waals surface area contributed by atoms with Crippen molar-refractivity contribution in [3.8, 4) is 0 Å². The zero-order chi connectivity index (χ0) is 72.2. The number of alkyl carbamates (subject to hydrolysis) is 1. The van der Waals surface area contributed by atoms with E-state index in [1.165, 1.54) is 42.8 Å². The summed E-state index contributed by atoms with van der Waals surface area (Å²) in [5.74, 6) is -2.91. The first-order chi connectivity index (χ1) is 47.1. The van der Waals surface area contributed by atoms with Gasteiger partial charge in [-0.2, -0.15) is 5.11 Å². The van der Waals surface area contributed by atoms with E-state index in [4.69, 9.17) is 49.5 Å². The Kier molecular flexibility index (Phi) is 29.3. The van der Waals surface area contributed by atoms with Gasteiger partial charge in [-0.15, -0.1) is 0 Å². The molecule has 10 atom stereocenters. The van der Waals surface area contributed by atoms with E-state index in [1.807, 2.05) is 61.5 Å². The molecule has 544 valence electrons. The van der Waals surface area contributed by atoms with Gasteiger partial charge in [0.2, 0.25) is 29.5 Å². The highest BCUT2D eigenvalue weighted by molar-refractivity contribution is 6.34. The molecular weight excluding hydrogens is 1300 g/mol. The normalized spacial score (nSPS) is 24.6. The number of aliphatic hydroxyl groups excluding tert-OH is 1. The summed E-state index contributed by atoms with van der Waals surface area (Å²) in [4.78, 5) is 100.